The summed E-state index contributed by atoms with van der Waals surface area (Å²) in [6.07, 6.45) is 4.62. The molecule has 2 unspecified atom stereocenters. The number of aromatic nitrogens is 1. The Balaban J connectivity index is 1.79. The number of hydrogen-bond donors (Lipinski definition) is 2. The molecule has 2 rings (SSSR count). The van der Waals surface area contributed by atoms with Gasteiger partial charge in [-0.2, -0.15) is 0 Å². The van der Waals surface area contributed by atoms with Gasteiger partial charge in [-0.3, -0.25) is 0 Å². The van der Waals surface area contributed by atoms with Crippen molar-refractivity contribution < 1.29 is 5.11 Å². The Kier molecular flexibility index (Phi) is 3.95. The number of thiazole rings is 1. The smallest absolute Gasteiger partial charge is 0.0959 e. The molecular formula is C12H20N2OS. The first-order valence-electron chi connectivity index (χ1n) is 5.99. The van der Waals surface area contributed by atoms with Gasteiger partial charge in [0.1, 0.15) is 0 Å². The van der Waals surface area contributed by atoms with Gasteiger partial charge in [-0.25, -0.2) is 4.98 Å². The standard InChI is InChI=1S/C12H20N2OS/c1-8(7-15)9(2)13-5-11-6-14-12(16-11)10-3-4-10/h6,8-10,13,15H,3-5,7H2,1-2H3. The van der Waals surface area contributed by atoms with E-state index in [9.17, 15) is 0 Å². The van der Waals surface area contributed by atoms with Gasteiger partial charge in [-0.1, -0.05) is 6.92 Å². The monoisotopic (exact) mass is 240 g/mol. The molecule has 1 aromatic heterocycles. The van der Waals surface area contributed by atoms with E-state index < -0.39 is 0 Å². The fraction of sp³-hybridized carbons (Fsp3) is 0.750. The van der Waals surface area contributed by atoms with Gasteiger partial charge < -0.3 is 10.4 Å². The van der Waals surface area contributed by atoms with Gasteiger partial charge in [0, 0.05) is 36.2 Å². The molecule has 1 saturated carbocycles. The van der Waals surface area contributed by atoms with E-state index in [0.717, 1.165) is 12.5 Å². The zero-order valence-electron chi connectivity index (χ0n) is 9.94. The molecule has 0 spiro atoms. The molecule has 1 aliphatic carbocycles. The van der Waals surface area contributed by atoms with Crippen molar-refractivity contribution in [3.05, 3.63) is 16.1 Å². The highest BCUT2D eigenvalue weighted by molar-refractivity contribution is 7.11. The summed E-state index contributed by atoms with van der Waals surface area (Å²) in [4.78, 5) is 5.75. The van der Waals surface area contributed by atoms with E-state index in [1.54, 1.807) is 0 Å². The number of nitrogens with one attached hydrogen (secondary N) is 1. The quantitative estimate of drug-likeness (QED) is 0.800. The molecule has 90 valence electrons. The van der Waals surface area contributed by atoms with Gasteiger partial charge in [0.05, 0.1) is 5.01 Å². The summed E-state index contributed by atoms with van der Waals surface area (Å²) in [5.74, 6) is 1.06. The van der Waals surface area contributed by atoms with Crippen molar-refractivity contribution in [1.29, 1.82) is 0 Å². The van der Waals surface area contributed by atoms with Crippen LogP contribution in [0.2, 0.25) is 0 Å². The Morgan fingerprint density at radius 3 is 2.94 bits per heavy atom. The fourth-order valence-corrected chi connectivity index (χ4v) is 2.58. The van der Waals surface area contributed by atoms with Crippen molar-refractivity contribution in [2.75, 3.05) is 6.61 Å². The lowest BCUT2D eigenvalue weighted by Crippen LogP contribution is -2.33. The molecule has 0 radical (unpaired) electrons. The van der Waals surface area contributed by atoms with E-state index in [-0.39, 0.29) is 6.61 Å². The molecule has 0 bridgehead atoms. The van der Waals surface area contributed by atoms with Gasteiger partial charge in [-0.15, -0.1) is 11.3 Å². The van der Waals surface area contributed by atoms with Crippen molar-refractivity contribution in [3.8, 4) is 0 Å². The minimum atomic E-state index is 0.240. The largest absolute Gasteiger partial charge is 0.396 e. The minimum Gasteiger partial charge on any atom is -0.396 e. The molecule has 3 nitrogen and oxygen atoms in total. The van der Waals surface area contributed by atoms with Gasteiger partial charge >= 0.3 is 0 Å². The van der Waals surface area contributed by atoms with Crippen LogP contribution in [0.15, 0.2) is 6.20 Å². The summed E-state index contributed by atoms with van der Waals surface area (Å²) in [6.45, 7) is 5.28. The number of aliphatic hydroxyl groups excluding tert-OH is 1. The third-order valence-electron chi connectivity index (χ3n) is 3.24. The Labute approximate surface area is 101 Å². The van der Waals surface area contributed by atoms with E-state index >= 15 is 0 Å². The van der Waals surface area contributed by atoms with Gasteiger partial charge in [0.25, 0.3) is 0 Å². The predicted molar refractivity (Wildman–Crippen MR) is 66.6 cm³/mol. The molecule has 0 aromatic carbocycles. The topological polar surface area (TPSA) is 45.1 Å². The lowest BCUT2D eigenvalue weighted by molar-refractivity contribution is 0.207. The highest BCUT2D eigenvalue weighted by Gasteiger charge is 2.26. The number of hydrogen-bond acceptors (Lipinski definition) is 4. The van der Waals surface area contributed by atoms with E-state index in [2.05, 4.69) is 24.1 Å². The van der Waals surface area contributed by atoms with E-state index in [0.29, 0.717) is 12.0 Å². The molecule has 1 fully saturated rings. The minimum absolute atomic E-state index is 0.240. The molecule has 0 amide bonds. The number of nitrogens with zero attached hydrogens (tertiary/aromatic N) is 1. The SMILES string of the molecule is CC(CO)C(C)NCc1cnc(C2CC2)s1. The van der Waals surface area contributed by atoms with E-state index in [4.69, 9.17) is 5.11 Å². The lowest BCUT2D eigenvalue weighted by atomic mass is 10.1. The zero-order chi connectivity index (χ0) is 11.5. The Morgan fingerprint density at radius 2 is 2.31 bits per heavy atom. The second kappa shape index (κ2) is 5.25. The average Bonchev–Trinajstić information content (AvgIpc) is 3.05. The molecule has 0 saturated heterocycles. The molecule has 1 aromatic rings. The summed E-state index contributed by atoms with van der Waals surface area (Å²) in [5.41, 5.74) is 0. The van der Waals surface area contributed by atoms with Crippen LogP contribution in [0.1, 0.15) is 42.5 Å². The van der Waals surface area contributed by atoms with Crippen molar-refractivity contribution in [1.82, 2.24) is 10.3 Å². The van der Waals surface area contributed by atoms with Crippen molar-refractivity contribution in [2.24, 2.45) is 5.92 Å². The van der Waals surface area contributed by atoms with Crippen LogP contribution >= 0.6 is 11.3 Å². The maximum atomic E-state index is 9.04. The summed E-state index contributed by atoms with van der Waals surface area (Å²) < 4.78 is 0. The first-order chi connectivity index (χ1) is 7.70. The highest BCUT2D eigenvalue weighted by atomic mass is 32.1. The maximum Gasteiger partial charge on any atom is 0.0959 e. The normalized spacial score (nSPS) is 19.7. The fourth-order valence-electron chi connectivity index (χ4n) is 1.54. The van der Waals surface area contributed by atoms with Crippen LogP contribution in [0.5, 0.6) is 0 Å². The van der Waals surface area contributed by atoms with Crippen LogP contribution in [-0.4, -0.2) is 22.7 Å². The van der Waals surface area contributed by atoms with Crippen LogP contribution in [0, 0.1) is 5.92 Å². The van der Waals surface area contributed by atoms with Crippen LogP contribution in [0.3, 0.4) is 0 Å². The average molecular weight is 240 g/mol. The first kappa shape index (κ1) is 12.0. The van der Waals surface area contributed by atoms with Crippen molar-refractivity contribution >= 4 is 11.3 Å². The molecule has 1 aliphatic rings. The molecule has 2 N–H and O–H groups in total. The van der Waals surface area contributed by atoms with Crippen LogP contribution in [0.25, 0.3) is 0 Å². The Morgan fingerprint density at radius 1 is 1.56 bits per heavy atom. The van der Waals surface area contributed by atoms with Crippen molar-refractivity contribution in [2.45, 2.75) is 45.2 Å². The van der Waals surface area contributed by atoms with Gasteiger partial charge in [0.15, 0.2) is 0 Å². The second-order valence-electron chi connectivity index (χ2n) is 4.77. The molecular weight excluding hydrogens is 220 g/mol. The van der Waals surface area contributed by atoms with E-state index in [1.165, 1.54) is 22.7 Å². The predicted octanol–water partition coefficient (Wildman–Crippen LogP) is 2.13. The summed E-state index contributed by atoms with van der Waals surface area (Å²) in [6, 6.07) is 0.344. The number of aliphatic hydroxyl groups is 1. The van der Waals surface area contributed by atoms with Crippen LogP contribution < -0.4 is 5.32 Å². The van der Waals surface area contributed by atoms with Gasteiger partial charge in [0.2, 0.25) is 0 Å². The van der Waals surface area contributed by atoms with Gasteiger partial charge in [-0.05, 0) is 25.7 Å². The molecule has 4 heteroatoms. The highest BCUT2D eigenvalue weighted by Crippen LogP contribution is 2.41. The van der Waals surface area contributed by atoms with Crippen molar-refractivity contribution in [3.63, 3.8) is 0 Å². The second-order valence-corrected chi connectivity index (χ2v) is 5.92. The molecule has 16 heavy (non-hydrogen) atoms. The van der Waals surface area contributed by atoms with E-state index in [1.807, 2.05) is 17.5 Å². The first-order valence-corrected chi connectivity index (χ1v) is 6.81. The third-order valence-corrected chi connectivity index (χ3v) is 4.40. The number of rotatable bonds is 6. The Hall–Kier alpha value is -0.450. The third kappa shape index (κ3) is 3.03. The Bertz CT molecular complexity index is 336. The summed E-state index contributed by atoms with van der Waals surface area (Å²) >= 11 is 1.83. The summed E-state index contributed by atoms with van der Waals surface area (Å²) in [5, 5.41) is 13.8. The zero-order valence-corrected chi connectivity index (χ0v) is 10.8. The molecule has 0 aliphatic heterocycles. The molecule has 1 heterocycles. The van der Waals surface area contributed by atoms with Crippen LogP contribution in [0.4, 0.5) is 0 Å². The molecule has 2 atom stereocenters. The summed E-state index contributed by atoms with van der Waals surface area (Å²) in [7, 11) is 0. The maximum absolute atomic E-state index is 9.04. The van der Waals surface area contributed by atoms with Crippen LogP contribution in [-0.2, 0) is 6.54 Å². The lowest BCUT2D eigenvalue weighted by Gasteiger charge is -2.18.